The number of esters is 1. The summed E-state index contributed by atoms with van der Waals surface area (Å²) in [6, 6.07) is -0.714. The molecule has 0 rings (SSSR count). The Kier molecular flexibility index (Phi) is 7.02. The monoisotopic (exact) mass is 201 g/mol. The van der Waals surface area contributed by atoms with Gasteiger partial charge in [0.25, 0.3) is 5.78 Å². The van der Waals surface area contributed by atoms with Crippen molar-refractivity contribution in [3.8, 4) is 0 Å². The maximum atomic E-state index is 11.1. The van der Waals surface area contributed by atoms with Crippen LogP contribution in [0, 0.1) is 0 Å². The minimum absolute atomic E-state index is 0.314. The maximum absolute atomic E-state index is 11.1. The highest BCUT2D eigenvalue weighted by Crippen LogP contribution is 1.96. The standard InChI is InChI=1S/C10H19NO3/c1-3-5-6-7-14-10(13)9(12)8(11)4-2/h8H,3-7,11H2,1-2H3. The molecule has 0 bridgehead atoms. The van der Waals surface area contributed by atoms with Gasteiger partial charge >= 0.3 is 5.97 Å². The van der Waals surface area contributed by atoms with Crippen LogP contribution in [0.5, 0.6) is 0 Å². The summed E-state index contributed by atoms with van der Waals surface area (Å²) < 4.78 is 4.76. The molecule has 0 aromatic rings. The summed E-state index contributed by atoms with van der Waals surface area (Å²) in [6.45, 7) is 4.13. The van der Waals surface area contributed by atoms with E-state index in [4.69, 9.17) is 10.5 Å². The van der Waals surface area contributed by atoms with Crippen molar-refractivity contribution in [3.05, 3.63) is 0 Å². The van der Waals surface area contributed by atoms with Crippen LogP contribution in [0.15, 0.2) is 0 Å². The van der Waals surface area contributed by atoms with Gasteiger partial charge in [0.1, 0.15) is 0 Å². The van der Waals surface area contributed by atoms with Gasteiger partial charge < -0.3 is 10.5 Å². The van der Waals surface area contributed by atoms with Gasteiger partial charge in [0, 0.05) is 0 Å². The van der Waals surface area contributed by atoms with Crippen LogP contribution in [0.2, 0.25) is 0 Å². The normalized spacial score (nSPS) is 12.2. The van der Waals surface area contributed by atoms with Crippen LogP contribution in [0.1, 0.15) is 39.5 Å². The summed E-state index contributed by atoms with van der Waals surface area (Å²) in [4.78, 5) is 22.2. The second-order valence-corrected chi connectivity index (χ2v) is 3.22. The minimum atomic E-state index is -0.796. The first kappa shape index (κ1) is 13.1. The number of hydrogen-bond donors (Lipinski definition) is 1. The van der Waals surface area contributed by atoms with Crippen molar-refractivity contribution in [3.63, 3.8) is 0 Å². The van der Waals surface area contributed by atoms with Gasteiger partial charge in [0.15, 0.2) is 0 Å². The largest absolute Gasteiger partial charge is 0.460 e. The quantitative estimate of drug-likeness (QED) is 0.379. The minimum Gasteiger partial charge on any atom is -0.460 e. The topological polar surface area (TPSA) is 69.4 Å². The van der Waals surface area contributed by atoms with Crippen molar-refractivity contribution in [1.29, 1.82) is 0 Å². The van der Waals surface area contributed by atoms with Gasteiger partial charge in [-0.15, -0.1) is 0 Å². The Morgan fingerprint density at radius 2 is 1.93 bits per heavy atom. The van der Waals surface area contributed by atoms with Gasteiger partial charge in [-0.05, 0) is 12.8 Å². The Bertz CT molecular complexity index is 192. The fraction of sp³-hybridized carbons (Fsp3) is 0.800. The second kappa shape index (κ2) is 7.50. The van der Waals surface area contributed by atoms with E-state index in [-0.39, 0.29) is 0 Å². The molecule has 82 valence electrons. The van der Waals surface area contributed by atoms with Crippen molar-refractivity contribution >= 4 is 11.8 Å². The molecule has 0 fully saturated rings. The van der Waals surface area contributed by atoms with Gasteiger partial charge in [0.05, 0.1) is 12.6 Å². The van der Waals surface area contributed by atoms with E-state index in [9.17, 15) is 9.59 Å². The molecule has 0 radical (unpaired) electrons. The molecule has 1 atom stereocenters. The number of carbonyl (C=O) groups is 2. The number of rotatable bonds is 7. The molecule has 0 aliphatic rings. The van der Waals surface area contributed by atoms with Crippen molar-refractivity contribution < 1.29 is 14.3 Å². The Balaban J connectivity index is 3.68. The number of nitrogens with two attached hydrogens (primary N) is 1. The van der Waals surface area contributed by atoms with Gasteiger partial charge in [-0.3, -0.25) is 4.79 Å². The van der Waals surface area contributed by atoms with Crippen LogP contribution in [0.4, 0.5) is 0 Å². The molecule has 14 heavy (non-hydrogen) atoms. The molecule has 4 heteroatoms. The summed E-state index contributed by atoms with van der Waals surface area (Å²) in [6.07, 6.45) is 3.32. The van der Waals surface area contributed by atoms with E-state index in [0.717, 1.165) is 19.3 Å². The SMILES string of the molecule is CCCCCOC(=O)C(=O)C(N)CC. The molecule has 4 nitrogen and oxygen atoms in total. The van der Waals surface area contributed by atoms with E-state index in [1.54, 1.807) is 6.92 Å². The van der Waals surface area contributed by atoms with E-state index >= 15 is 0 Å². The zero-order chi connectivity index (χ0) is 11.0. The summed E-state index contributed by atoms with van der Waals surface area (Å²) in [5.41, 5.74) is 5.40. The number of unbranched alkanes of at least 4 members (excludes halogenated alkanes) is 2. The van der Waals surface area contributed by atoms with Gasteiger partial charge in [-0.25, -0.2) is 4.79 Å². The lowest BCUT2D eigenvalue weighted by Crippen LogP contribution is -2.36. The molecule has 0 aliphatic carbocycles. The molecule has 0 amide bonds. The third kappa shape index (κ3) is 4.97. The summed E-state index contributed by atoms with van der Waals surface area (Å²) >= 11 is 0. The lowest BCUT2D eigenvalue weighted by molar-refractivity contribution is -0.154. The lowest BCUT2D eigenvalue weighted by atomic mass is 10.1. The van der Waals surface area contributed by atoms with E-state index < -0.39 is 17.8 Å². The predicted octanol–water partition coefficient (Wildman–Crippen LogP) is 1.03. The molecular formula is C10H19NO3. The molecule has 0 saturated carbocycles. The highest BCUT2D eigenvalue weighted by atomic mass is 16.5. The average Bonchev–Trinajstić information content (AvgIpc) is 2.21. The maximum Gasteiger partial charge on any atom is 0.376 e. The molecule has 0 aromatic carbocycles. The zero-order valence-corrected chi connectivity index (χ0v) is 8.91. The molecule has 0 aromatic heterocycles. The average molecular weight is 201 g/mol. The van der Waals surface area contributed by atoms with Crippen LogP contribution >= 0.6 is 0 Å². The summed E-state index contributed by atoms with van der Waals surface area (Å²) in [7, 11) is 0. The lowest BCUT2D eigenvalue weighted by Gasteiger charge is -2.07. The molecule has 0 saturated heterocycles. The zero-order valence-electron chi connectivity index (χ0n) is 8.91. The fourth-order valence-corrected chi connectivity index (χ4v) is 0.925. The second-order valence-electron chi connectivity index (χ2n) is 3.22. The smallest absolute Gasteiger partial charge is 0.376 e. The van der Waals surface area contributed by atoms with Gasteiger partial charge in [0.2, 0.25) is 0 Å². The van der Waals surface area contributed by atoms with Crippen molar-refractivity contribution in [2.24, 2.45) is 5.73 Å². The predicted molar refractivity (Wildman–Crippen MR) is 53.8 cm³/mol. The van der Waals surface area contributed by atoms with Crippen LogP contribution in [-0.4, -0.2) is 24.4 Å². The van der Waals surface area contributed by atoms with E-state index in [0.29, 0.717) is 13.0 Å². The molecule has 2 N–H and O–H groups in total. The molecular weight excluding hydrogens is 182 g/mol. The van der Waals surface area contributed by atoms with Crippen LogP contribution in [0.3, 0.4) is 0 Å². The summed E-state index contributed by atoms with van der Waals surface area (Å²) in [5, 5.41) is 0. The highest BCUT2D eigenvalue weighted by Gasteiger charge is 2.21. The summed E-state index contributed by atoms with van der Waals surface area (Å²) in [5.74, 6) is -1.42. The molecule has 0 aliphatic heterocycles. The van der Waals surface area contributed by atoms with Gasteiger partial charge in [-0.1, -0.05) is 26.7 Å². The van der Waals surface area contributed by atoms with E-state index in [1.807, 2.05) is 0 Å². The first-order chi connectivity index (χ1) is 6.63. The Labute approximate surface area is 84.8 Å². The Hall–Kier alpha value is -0.900. The highest BCUT2D eigenvalue weighted by molar-refractivity contribution is 6.35. The number of Topliss-reactive ketones (excluding diaryl/α,β-unsaturated/α-hetero) is 1. The first-order valence-electron chi connectivity index (χ1n) is 5.10. The Morgan fingerprint density at radius 3 is 2.43 bits per heavy atom. The molecule has 0 heterocycles. The van der Waals surface area contributed by atoms with E-state index in [2.05, 4.69) is 6.92 Å². The van der Waals surface area contributed by atoms with E-state index in [1.165, 1.54) is 0 Å². The number of carbonyl (C=O) groups excluding carboxylic acids is 2. The van der Waals surface area contributed by atoms with Crippen molar-refractivity contribution in [2.75, 3.05) is 6.61 Å². The third-order valence-electron chi connectivity index (χ3n) is 1.96. The van der Waals surface area contributed by atoms with Crippen molar-refractivity contribution in [2.45, 2.75) is 45.6 Å². The van der Waals surface area contributed by atoms with Crippen LogP contribution < -0.4 is 5.73 Å². The third-order valence-corrected chi connectivity index (χ3v) is 1.96. The number of hydrogen-bond acceptors (Lipinski definition) is 4. The first-order valence-corrected chi connectivity index (χ1v) is 5.10. The Morgan fingerprint density at radius 1 is 1.29 bits per heavy atom. The van der Waals surface area contributed by atoms with Crippen LogP contribution in [0.25, 0.3) is 0 Å². The number of ether oxygens (including phenoxy) is 1. The molecule has 1 unspecified atom stereocenters. The fourth-order valence-electron chi connectivity index (χ4n) is 0.925. The van der Waals surface area contributed by atoms with Crippen LogP contribution in [-0.2, 0) is 14.3 Å². The molecule has 0 spiro atoms. The van der Waals surface area contributed by atoms with Crippen molar-refractivity contribution in [1.82, 2.24) is 0 Å². The number of ketones is 1. The van der Waals surface area contributed by atoms with Gasteiger partial charge in [-0.2, -0.15) is 0 Å².